The van der Waals surface area contributed by atoms with Crippen LogP contribution >= 0.6 is 11.8 Å². The van der Waals surface area contributed by atoms with Crippen molar-refractivity contribution in [3.05, 3.63) is 63.6 Å². The van der Waals surface area contributed by atoms with Crippen LogP contribution in [0.3, 0.4) is 0 Å². The van der Waals surface area contributed by atoms with E-state index in [0.717, 1.165) is 34.9 Å². The normalized spacial score (nSPS) is 17.7. The topological polar surface area (TPSA) is 31.2 Å². The summed E-state index contributed by atoms with van der Waals surface area (Å²) < 4.78 is 8.04. The Bertz CT molecular complexity index is 747. The average Bonchev–Trinajstić information content (AvgIpc) is 2.99. The first-order valence-corrected chi connectivity index (χ1v) is 9.00. The van der Waals surface area contributed by atoms with Gasteiger partial charge in [0.2, 0.25) is 0 Å². The van der Waals surface area contributed by atoms with Gasteiger partial charge in [-0.1, -0.05) is 12.1 Å². The third-order valence-electron chi connectivity index (χ3n) is 3.93. The maximum absolute atomic E-state index is 11.5. The second-order valence-electron chi connectivity index (χ2n) is 5.84. The third-order valence-corrected chi connectivity index (χ3v) is 5.06. The van der Waals surface area contributed by atoms with E-state index in [1.807, 2.05) is 54.6 Å². The highest BCUT2D eigenvalue weighted by molar-refractivity contribution is 7.99. The second-order valence-corrected chi connectivity index (χ2v) is 6.99. The number of pyridine rings is 1. The molecule has 0 amide bonds. The Labute approximate surface area is 141 Å². The van der Waals surface area contributed by atoms with Gasteiger partial charge >= 0.3 is 0 Å². The lowest BCUT2D eigenvalue weighted by Crippen LogP contribution is -2.14. The molecule has 2 heterocycles. The van der Waals surface area contributed by atoms with Crippen molar-refractivity contribution in [1.82, 2.24) is 4.57 Å². The standard InChI is InChI=1S/C19H21NO2S/c1-14-10-17(21)11-15(2)20(14)8-6-16-4-3-5-18(12-16)22-19-7-9-23-13-19/h3-6,8,10-12,19H,7,9,13H2,1-2H3/b8-6+. The van der Waals surface area contributed by atoms with Crippen LogP contribution in [0.25, 0.3) is 12.3 Å². The van der Waals surface area contributed by atoms with E-state index < -0.39 is 0 Å². The summed E-state index contributed by atoms with van der Waals surface area (Å²) >= 11 is 1.95. The van der Waals surface area contributed by atoms with Gasteiger partial charge in [-0.15, -0.1) is 0 Å². The van der Waals surface area contributed by atoms with E-state index >= 15 is 0 Å². The number of aromatic nitrogens is 1. The summed E-state index contributed by atoms with van der Waals surface area (Å²) in [6.45, 7) is 3.88. The molecule has 1 fully saturated rings. The Morgan fingerprint density at radius 1 is 1.22 bits per heavy atom. The molecule has 0 aliphatic carbocycles. The predicted molar refractivity (Wildman–Crippen MR) is 98.2 cm³/mol. The summed E-state index contributed by atoms with van der Waals surface area (Å²) in [5, 5.41) is 0. The van der Waals surface area contributed by atoms with E-state index in [-0.39, 0.29) is 5.43 Å². The van der Waals surface area contributed by atoms with Crippen molar-refractivity contribution >= 4 is 24.0 Å². The van der Waals surface area contributed by atoms with Gasteiger partial charge in [0.15, 0.2) is 5.43 Å². The Morgan fingerprint density at radius 2 is 2.00 bits per heavy atom. The molecule has 1 aromatic heterocycles. The summed E-state index contributed by atoms with van der Waals surface area (Å²) in [6, 6.07) is 11.4. The van der Waals surface area contributed by atoms with Crippen molar-refractivity contribution in [2.45, 2.75) is 26.4 Å². The van der Waals surface area contributed by atoms with Gasteiger partial charge in [0.1, 0.15) is 11.9 Å². The van der Waals surface area contributed by atoms with E-state index in [9.17, 15) is 4.79 Å². The van der Waals surface area contributed by atoms with Gasteiger partial charge in [-0.3, -0.25) is 4.79 Å². The zero-order valence-corrected chi connectivity index (χ0v) is 14.3. The highest BCUT2D eigenvalue weighted by Gasteiger charge is 2.16. The summed E-state index contributed by atoms with van der Waals surface area (Å²) in [7, 11) is 0. The number of ether oxygens (including phenoxy) is 1. The lowest BCUT2D eigenvalue weighted by Gasteiger charge is -2.13. The SMILES string of the molecule is Cc1cc(=O)cc(C)n1/C=C/c1cccc(OC2CCSC2)c1. The second kappa shape index (κ2) is 7.09. The van der Waals surface area contributed by atoms with Crippen LogP contribution in [-0.2, 0) is 0 Å². The fraction of sp³-hybridized carbons (Fsp3) is 0.316. The molecule has 0 saturated carbocycles. The number of benzene rings is 1. The first-order chi connectivity index (χ1) is 11.1. The van der Waals surface area contributed by atoms with Crippen molar-refractivity contribution in [2.24, 2.45) is 0 Å². The van der Waals surface area contributed by atoms with Crippen LogP contribution in [0.5, 0.6) is 5.75 Å². The molecule has 1 unspecified atom stereocenters. The van der Waals surface area contributed by atoms with Crippen LogP contribution in [0.4, 0.5) is 0 Å². The average molecular weight is 327 g/mol. The Balaban J connectivity index is 1.78. The predicted octanol–water partition coefficient (Wildman–Crippen LogP) is 3.98. The first kappa shape index (κ1) is 15.9. The number of thioether (sulfide) groups is 1. The molecule has 1 aliphatic heterocycles. The van der Waals surface area contributed by atoms with Gasteiger partial charge in [-0.2, -0.15) is 11.8 Å². The molecule has 0 N–H and O–H groups in total. The van der Waals surface area contributed by atoms with Crippen LogP contribution in [0.1, 0.15) is 23.4 Å². The third kappa shape index (κ3) is 4.08. The van der Waals surface area contributed by atoms with Gasteiger partial charge in [0.25, 0.3) is 0 Å². The zero-order valence-electron chi connectivity index (χ0n) is 13.5. The summed E-state index contributed by atoms with van der Waals surface area (Å²) in [4.78, 5) is 11.5. The molecule has 0 spiro atoms. The molecule has 3 nitrogen and oxygen atoms in total. The quantitative estimate of drug-likeness (QED) is 0.851. The number of nitrogens with zero attached hydrogens (tertiary/aromatic N) is 1. The monoisotopic (exact) mass is 327 g/mol. The molecule has 0 bridgehead atoms. The van der Waals surface area contributed by atoms with Crippen LogP contribution in [0, 0.1) is 13.8 Å². The number of hydrogen-bond donors (Lipinski definition) is 0. The van der Waals surface area contributed by atoms with Crippen molar-refractivity contribution in [3.8, 4) is 5.75 Å². The van der Waals surface area contributed by atoms with E-state index in [0.29, 0.717) is 6.10 Å². The molecule has 23 heavy (non-hydrogen) atoms. The van der Waals surface area contributed by atoms with Gasteiger partial charge in [0.05, 0.1) is 0 Å². The fourth-order valence-electron chi connectivity index (χ4n) is 2.76. The van der Waals surface area contributed by atoms with Crippen molar-refractivity contribution in [3.63, 3.8) is 0 Å². The van der Waals surface area contributed by atoms with Crippen LogP contribution in [0.15, 0.2) is 41.2 Å². The van der Waals surface area contributed by atoms with Gasteiger partial charge in [0, 0.05) is 35.5 Å². The van der Waals surface area contributed by atoms with Crippen LogP contribution in [-0.4, -0.2) is 22.2 Å². The lowest BCUT2D eigenvalue weighted by atomic mass is 10.2. The molecule has 1 saturated heterocycles. The smallest absolute Gasteiger partial charge is 0.182 e. The molecule has 4 heteroatoms. The lowest BCUT2D eigenvalue weighted by molar-refractivity contribution is 0.229. The molecule has 1 aliphatic rings. The largest absolute Gasteiger partial charge is 0.490 e. The van der Waals surface area contributed by atoms with Crippen molar-refractivity contribution < 1.29 is 4.74 Å². The van der Waals surface area contributed by atoms with Gasteiger partial charge < -0.3 is 9.30 Å². The highest BCUT2D eigenvalue weighted by atomic mass is 32.2. The summed E-state index contributed by atoms with van der Waals surface area (Å²) in [6.07, 6.45) is 5.50. The minimum absolute atomic E-state index is 0.0504. The van der Waals surface area contributed by atoms with Gasteiger partial charge in [-0.25, -0.2) is 0 Å². The zero-order chi connectivity index (χ0) is 16.2. The highest BCUT2D eigenvalue weighted by Crippen LogP contribution is 2.24. The minimum atomic E-state index is 0.0504. The number of hydrogen-bond acceptors (Lipinski definition) is 3. The molecule has 2 aromatic rings. The van der Waals surface area contributed by atoms with E-state index in [4.69, 9.17) is 4.74 Å². The van der Waals surface area contributed by atoms with E-state index in [1.54, 1.807) is 12.1 Å². The maximum atomic E-state index is 11.5. The molecule has 0 radical (unpaired) electrons. The molecular formula is C19H21NO2S. The summed E-state index contributed by atoms with van der Waals surface area (Å²) in [5.74, 6) is 3.19. The minimum Gasteiger partial charge on any atom is -0.490 e. The van der Waals surface area contributed by atoms with Crippen molar-refractivity contribution in [2.75, 3.05) is 11.5 Å². The van der Waals surface area contributed by atoms with Gasteiger partial charge in [-0.05, 0) is 49.8 Å². The van der Waals surface area contributed by atoms with Crippen molar-refractivity contribution in [1.29, 1.82) is 0 Å². The molecular weight excluding hydrogens is 306 g/mol. The number of aryl methyl sites for hydroxylation is 2. The molecule has 3 rings (SSSR count). The summed E-state index contributed by atoms with van der Waals surface area (Å²) in [5.41, 5.74) is 3.00. The molecule has 1 atom stereocenters. The Kier molecular flexibility index (Phi) is 4.91. The van der Waals surface area contributed by atoms with E-state index in [1.165, 1.54) is 5.75 Å². The van der Waals surface area contributed by atoms with Crippen LogP contribution in [0.2, 0.25) is 0 Å². The molecule has 1 aromatic carbocycles. The first-order valence-electron chi connectivity index (χ1n) is 7.84. The molecule has 120 valence electrons. The number of rotatable bonds is 4. The van der Waals surface area contributed by atoms with E-state index in [2.05, 4.69) is 12.1 Å². The Hall–Kier alpha value is -1.94. The maximum Gasteiger partial charge on any atom is 0.182 e. The fourth-order valence-corrected chi connectivity index (χ4v) is 3.85. The Morgan fingerprint density at radius 3 is 2.70 bits per heavy atom. The van der Waals surface area contributed by atoms with Crippen LogP contribution < -0.4 is 10.2 Å².